The van der Waals surface area contributed by atoms with Gasteiger partial charge in [0.1, 0.15) is 4.60 Å². The normalized spacial score (nSPS) is 12.5. The molecular formula is C12H17BrN2O2. The van der Waals surface area contributed by atoms with E-state index in [4.69, 9.17) is 0 Å². The standard InChI is InChI=1S/C12H17BrN2O2/c1-8(2)5-10(7-16)15-12(17)9-3-4-11(13)14-6-9/h3-4,6,8,10,16H,5,7H2,1-2H3,(H,15,17). The molecule has 0 saturated carbocycles. The van der Waals surface area contributed by atoms with E-state index in [1.807, 2.05) is 0 Å². The van der Waals surface area contributed by atoms with Gasteiger partial charge in [0, 0.05) is 6.20 Å². The minimum atomic E-state index is -0.204. The van der Waals surface area contributed by atoms with E-state index in [0.717, 1.165) is 6.42 Å². The summed E-state index contributed by atoms with van der Waals surface area (Å²) in [5.74, 6) is 0.222. The van der Waals surface area contributed by atoms with E-state index >= 15 is 0 Å². The van der Waals surface area contributed by atoms with E-state index in [1.54, 1.807) is 12.1 Å². The maximum atomic E-state index is 11.8. The third-order valence-corrected chi connectivity index (χ3v) is 2.77. The van der Waals surface area contributed by atoms with Crippen molar-refractivity contribution in [1.29, 1.82) is 0 Å². The Morgan fingerprint density at radius 3 is 2.71 bits per heavy atom. The van der Waals surface area contributed by atoms with Gasteiger partial charge in [-0.25, -0.2) is 4.98 Å². The molecule has 0 fully saturated rings. The minimum Gasteiger partial charge on any atom is -0.394 e. The molecule has 1 aromatic rings. The summed E-state index contributed by atoms with van der Waals surface area (Å²) in [6, 6.07) is 3.20. The molecule has 0 spiro atoms. The fourth-order valence-electron chi connectivity index (χ4n) is 1.53. The molecule has 94 valence electrons. The van der Waals surface area contributed by atoms with Crippen molar-refractivity contribution >= 4 is 21.8 Å². The molecule has 1 rings (SSSR count). The Bertz CT molecular complexity index is 365. The van der Waals surface area contributed by atoms with Gasteiger partial charge in [0.2, 0.25) is 0 Å². The van der Waals surface area contributed by atoms with E-state index in [1.165, 1.54) is 6.20 Å². The van der Waals surface area contributed by atoms with E-state index < -0.39 is 0 Å². The molecular weight excluding hydrogens is 284 g/mol. The molecule has 1 aromatic heterocycles. The monoisotopic (exact) mass is 300 g/mol. The number of halogens is 1. The molecule has 2 N–H and O–H groups in total. The lowest BCUT2D eigenvalue weighted by Crippen LogP contribution is -2.38. The Morgan fingerprint density at radius 1 is 1.53 bits per heavy atom. The number of carbonyl (C=O) groups is 1. The lowest BCUT2D eigenvalue weighted by Gasteiger charge is -2.18. The molecule has 0 aliphatic rings. The highest BCUT2D eigenvalue weighted by Gasteiger charge is 2.14. The molecule has 17 heavy (non-hydrogen) atoms. The first-order chi connectivity index (χ1) is 8.02. The second kappa shape index (κ2) is 6.71. The summed E-state index contributed by atoms with van der Waals surface area (Å²) in [4.78, 5) is 15.8. The fraction of sp³-hybridized carbons (Fsp3) is 0.500. The molecule has 1 amide bonds. The van der Waals surface area contributed by atoms with Crippen LogP contribution in [0.2, 0.25) is 0 Å². The van der Waals surface area contributed by atoms with Crippen molar-refractivity contribution in [3.8, 4) is 0 Å². The predicted octanol–water partition coefficient (Wildman–Crippen LogP) is 1.98. The van der Waals surface area contributed by atoms with E-state index in [9.17, 15) is 9.90 Å². The van der Waals surface area contributed by atoms with Crippen LogP contribution in [-0.4, -0.2) is 28.6 Å². The first-order valence-electron chi connectivity index (χ1n) is 5.56. The largest absolute Gasteiger partial charge is 0.394 e. The summed E-state index contributed by atoms with van der Waals surface area (Å²) in [6.45, 7) is 4.06. The van der Waals surface area contributed by atoms with Crippen molar-refractivity contribution in [1.82, 2.24) is 10.3 Å². The Balaban J connectivity index is 2.61. The Kier molecular flexibility index (Phi) is 5.58. The van der Waals surface area contributed by atoms with E-state index in [2.05, 4.69) is 40.1 Å². The molecule has 5 heteroatoms. The summed E-state index contributed by atoms with van der Waals surface area (Å²) >= 11 is 3.21. The fourth-order valence-corrected chi connectivity index (χ4v) is 1.76. The number of hydrogen-bond donors (Lipinski definition) is 2. The molecule has 0 aromatic carbocycles. The van der Waals surface area contributed by atoms with Gasteiger partial charge >= 0.3 is 0 Å². The van der Waals surface area contributed by atoms with Crippen molar-refractivity contribution in [2.45, 2.75) is 26.3 Å². The average molecular weight is 301 g/mol. The van der Waals surface area contributed by atoms with Gasteiger partial charge in [0.05, 0.1) is 18.2 Å². The van der Waals surface area contributed by atoms with Crippen LogP contribution in [0.4, 0.5) is 0 Å². The van der Waals surface area contributed by atoms with Crippen LogP contribution >= 0.6 is 15.9 Å². The smallest absolute Gasteiger partial charge is 0.253 e. The van der Waals surface area contributed by atoms with Gasteiger partial charge in [-0.3, -0.25) is 4.79 Å². The lowest BCUT2D eigenvalue weighted by atomic mass is 10.0. The molecule has 0 aliphatic carbocycles. The quantitative estimate of drug-likeness (QED) is 0.818. The third-order valence-electron chi connectivity index (χ3n) is 2.30. The maximum Gasteiger partial charge on any atom is 0.253 e. The Labute approximate surface area is 110 Å². The van der Waals surface area contributed by atoms with Crippen molar-refractivity contribution in [2.75, 3.05) is 6.61 Å². The maximum absolute atomic E-state index is 11.8. The topological polar surface area (TPSA) is 62.2 Å². The van der Waals surface area contributed by atoms with Gasteiger partial charge in [-0.1, -0.05) is 13.8 Å². The zero-order valence-corrected chi connectivity index (χ0v) is 11.6. The van der Waals surface area contributed by atoms with Crippen LogP contribution in [-0.2, 0) is 0 Å². The predicted molar refractivity (Wildman–Crippen MR) is 69.7 cm³/mol. The number of aliphatic hydroxyl groups excluding tert-OH is 1. The molecule has 0 radical (unpaired) electrons. The van der Waals surface area contributed by atoms with Crippen LogP contribution in [0.3, 0.4) is 0 Å². The molecule has 1 atom stereocenters. The zero-order valence-electron chi connectivity index (χ0n) is 9.98. The summed E-state index contributed by atoms with van der Waals surface area (Å²) in [5.41, 5.74) is 0.496. The van der Waals surface area contributed by atoms with Crippen LogP contribution in [0.5, 0.6) is 0 Å². The van der Waals surface area contributed by atoms with Gasteiger partial charge in [-0.05, 0) is 40.4 Å². The second-order valence-corrected chi connectivity index (χ2v) is 5.16. The molecule has 1 heterocycles. The van der Waals surface area contributed by atoms with Gasteiger partial charge in [-0.2, -0.15) is 0 Å². The number of rotatable bonds is 5. The van der Waals surface area contributed by atoms with Crippen molar-refractivity contribution in [3.05, 3.63) is 28.5 Å². The number of carbonyl (C=O) groups excluding carboxylic acids is 1. The average Bonchev–Trinajstić information content (AvgIpc) is 2.28. The van der Waals surface area contributed by atoms with Gasteiger partial charge < -0.3 is 10.4 Å². The Morgan fingerprint density at radius 2 is 2.24 bits per heavy atom. The van der Waals surface area contributed by atoms with Crippen LogP contribution < -0.4 is 5.32 Å². The van der Waals surface area contributed by atoms with Crippen molar-refractivity contribution < 1.29 is 9.90 Å². The highest BCUT2D eigenvalue weighted by atomic mass is 79.9. The molecule has 0 bridgehead atoms. The molecule has 4 nitrogen and oxygen atoms in total. The molecule has 1 unspecified atom stereocenters. The number of pyridine rings is 1. The molecule has 0 aliphatic heterocycles. The van der Waals surface area contributed by atoms with Crippen molar-refractivity contribution in [2.24, 2.45) is 5.92 Å². The highest BCUT2D eigenvalue weighted by molar-refractivity contribution is 9.10. The van der Waals surface area contributed by atoms with E-state index in [-0.39, 0.29) is 18.6 Å². The minimum absolute atomic E-state index is 0.0477. The van der Waals surface area contributed by atoms with Crippen LogP contribution in [0.15, 0.2) is 22.9 Å². The number of nitrogens with zero attached hydrogens (tertiary/aromatic N) is 1. The lowest BCUT2D eigenvalue weighted by molar-refractivity contribution is 0.0908. The van der Waals surface area contributed by atoms with Crippen LogP contribution in [0, 0.1) is 5.92 Å². The van der Waals surface area contributed by atoms with Crippen LogP contribution in [0.25, 0.3) is 0 Å². The highest BCUT2D eigenvalue weighted by Crippen LogP contribution is 2.08. The Hall–Kier alpha value is -0.940. The number of hydrogen-bond acceptors (Lipinski definition) is 3. The second-order valence-electron chi connectivity index (χ2n) is 4.35. The third kappa shape index (κ3) is 4.83. The summed E-state index contributed by atoms with van der Waals surface area (Å²) < 4.78 is 0.690. The number of amides is 1. The summed E-state index contributed by atoms with van der Waals surface area (Å²) in [7, 11) is 0. The summed E-state index contributed by atoms with van der Waals surface area (Å²) in [6.07, 6.45) is 2.26. The first-order valence-corrected chi connectivity index (χ1v) is 6.35. The first kappa shape index (κ1) is 14.1. The van der Waals surface area contributed by atoms with Gasteiger partial charge in [0.25, 0.3) is 5.91 Å². The SMILES string of the molecule is CC(C)CC(CO)NC(=O)c1ccc(Br)nc1. The number of aromatic nitrogens is 1. The summed E-state index contributed by atoms with van der Waals surface area (Å²) in [5, 5.41) is 12.0. The number of aliphatic hydroxyl groups is 1. The molecule has 0 saturated heterocycles. The zero-order chi connectivity index (χ0) is 12.8. The van der Waals surface area contributed by atoms with Gasteiger partial charge in [0.15, 0.2) is 0 Å². The van der Waals surface area contributed by atoms with Crippen molar-refractivity contribution in [3.63, 3.8) is 0 Å². The number of nitrogens with one attached hydrogen (secondary N) is 1. The van der Waals surface area contributed by atoms with Gasteiger partial charge in [-0.15, -0.1) is 0 Å². The van der Waals surface area contributed by atoms with E-state index in [0.29, 0.717) is 16.1 Å². The van der Waals surface area contributed by atoms with Crippen LogP contribution in [0.1, 0.15) is 30.6 Å².